The molecule has 1 aromatic heterocycles. The Bertz CT molecular complexity index is 431. The maximum absolute atomic E-state index is 11.4. The first-order valence-corrected chi connectivity index (χ1v) is 7.69. The van der Waals surface area contributed by atoms with Crippen LogP contribution in [0, 0.1) is 0 Å². The van der Waals surface area contributed by atoms with E-state index in [0.29, 0.717) is 24.8 Å². The van der Waals surface area contributed by atoms with Crippen LogP contribution in [0.3, 0.4) is 0 Å². The van der Waals surface area contributed by atoms with Crippen molar-refractivity contribution in [3.8, 4) is 0 Å². The molecule has 0 radical (unpaired) electrons. The molecule has 19 heavy (non-hydrogen) atoms. The average molecular weight is 284 g/mol. The Morgan fingerprint density at radius 2 is 2.26 bits per heavy atom. The number of aromatic nitrogens is 2. The summed E-state index contributed by atoms with van der Waals surface area (Å²) in [4.78, 5) is 15.8. The molecule has 1 saturated carbocycles. The summed E-state index contributed by atoms with van der Waals surface area (Å²) in [6.45, 7) is 6.28. The van der Waals surface area contributed by atoms with Crippen LogP contribution >= 0.6 is 11.8 Å². The molecule has 5 nitrogen and oxygen atoms in total. The minimum Gasteiger partial charge on any atom is -0.466 e. The Balaban J connectivity index is 1.81. The van der Waals surface area contributed by atoms with Crippen LogP contribution in [0.1, 0.15) is 62.9 Å². The van der Waals surface area contributed by atoms with E-state index in [1.165, 1.54) is 12.8 Å². The fourth-order valence-corrected chi connectivity index (χ4v) is 2.97. The molecule has 1 aliphatic carbocycles. The van der Waals surface area contributed by atoms with Crippen molar-refractivity contribution >= 4 is 17.7 Å². The van der Waals surface area contributed by atoms with Crippen molar-refractivity contribution in [1.82, 2.24) is 10.1 Å². The zero-order valence-corrected chi connectivity index (χ0v) is 12.4. The van der Waals surface area contributed by atoms with Crippen molar-refractivity contribution in [2.45, 2.75) is 56.5 Å². The van der Waals surface area contributed by atoms with Crippen molar-refractivity contribution < 1.29 is 14.1 Å². The SMILES string of the molecule is CCOC(=O)C[C@@H](C)S[C@@H](C)c1nc(C2CC2)no1. The molecule has 1 aromatic rings. The summed E-state index contributed by atoms with van der Waals surface area (Å²) in [6.07, 6.45) is 2.74. The molecule has 1 fully saturated rings. The first-order chi connectivity index (χ1) is 9.10. The van der Waals surface area contributed by atoms with Gasteiger partial charge in [0.15, 0.2) is 5.82 Å². The minimum absolute atomic E-state index is 0.101. The van der Waals surface area contributed by atoms with Gasteiger partial charge in [0.2, 0.25) is 5.89 Å². The van der Waals surface area contributed by atoms with E-state index in [0.717, 1.165) is 5.82 Å². The lowest BCUT2D eigenvalue weighted by Crippen LogP contribution is -2.11. The first-order valence-electron chi connectivity index (χ1n) is 6.74. The Morgan fingerprint density at radius 1 is 1.53 bits per heavy atom. The van der Waals surface area contributed by atoms with E-state index in [2.05, 4.69) is 10.1 Å². The van der Waals surface area contributed by atoms with Crippen LogP contribution in [-0.2, 0) is 9.53 Å². The van der Waals surface area contributed by atoms with Crippen molar-refractivity contribution in [2.24, 2.45) is 0 Å². The standard InChI is InChI=1S/C13H20N2O3S/c1-4-17-11(16)7-8(2)19-9(3)13-14-12(15-18-13)10-5-6-10/h8-10H,4-7H2,1-3H3/t8-,9+/m1/s1. The number of carbonyl (C=O) groups is 1. The summed E-state index contributed by atoms with van der Waals surface area (Å²) in [5.41, 5.74) is 0. The summed E-state index contributed by atoms with van der Waals surface area (Å²) in [5.74, 6) is 1.84. The van der Waals surface area contributed by atoms with E-state index in [9.17, 15) is 4.79 Å². The molecule has 1 heterocycles. The quantitative estimate of drug-likeness (QED) is 0.717. The van der Waals surface area contributed by atoms with Crippen LogP contribution in [0.5, 0.6) is 0 Å². The van der Waals surface area contributed by atoms with Gasteiger partial charge in [-0.2, -0.15) is 4.98 Å². The molecule has 2 rings (SSSR count). The number of nitrogens with zero attached hydrogens (tertiary/aromatic N) is 2. The lowest BCUT2D eigenvalue weighted by atomic mass is 10.3. The number of hydrogen-bond donors (Lipinski definition) is 0. The second-order valence-corrected chi connectivity index (χ2v) is 6.65. The number of esters is 1. The second-order valence-electron chi connectivity index (χ2n) is 4.86. The predicted molar refractivity (Wildman–Crippen MR) is 73.0 cm³/mol. The van der Waals surface area contributed by atoms with Crippen LogP contribution in [0.25, 0.3) is 0 Å². The zero-order valence-electron chi connectivity index (χ0n) is 11.6. The molecule has 106 valence electrons. The number of rotatable bonds is 7. The van der Waals surface area contributed by atoms with Gasteiger partial charge in [-0.15, -0.1) is 11.8 Å². The van der Waals surface area contributed by atoms with Crippen molar-refractivity contribution in [1.29, 1.82) is 0 Å². The highest BCUT2D eigenvalue weighted by Crippen LogP contribution is 2.39. The highest BCUT2D eigenvalue weighted by Gasteiger charge is 2.30. The molecule has 0 aromatic carbocycles. The molecule has 0 spiro atoms. The summed E-state index contributed by atoms with van der Waals surface area (Å²) >= 11 is 1.66. The van der Waals surface area contributed by atoms with Gasteiger partial charge in [-0.25, -0.2) is 0 Å². The van der Waals surface area contributed by atoms with Crippen molar-refractivity contribution in [3.63, 3.8) is 0 Å². The predicted octanol–water partition coefficient (Wildman–Crippen LogP) is 3.08. The van der Waals surface area contributed by atoms with Crippen molar-refractivity contribution in [2.75, 3.05) is 6.61 Å². The summed E-state index contributed by atoms with van der Waals surface area (Å²) in [5, 5.41) is 4.28. The fourth-order valence-electron chi connectivity index (χ4n) is 1.83. The molecule has 0 saturated heterocycles. The van der Waals surface area contributed by atoms with Crippen LogP contribution in [0.4, 0.5) is 0 Å². The lowest BCUT2D eigenvalue weighted by Gasteiger charge is -2.13. The van der Waals surface area contributed by atoms with Gasteiger partial charge in [-0.05, 0) is 26.7 Å². The lowest BCUT2D eigenvalue weighted by molar-refractivity contribution is -0.142. The van der Waals surface area contributed by atoms with E-state index in [1.54, 1.807) is 11.8 Å². The van der Waals surface area contributed by atoms with Crippen LogP contribution in [0.15, 0.2) is 4.52 Å². The van der Waals surface area contributed by atoms with Gasteiger partial charge in [0.05, 0.1) is 18.3 Å². The number of carbonyl (C=O) groups excluding carboxylic acids is 1. The van der Waals surface area contributed by atoms with Gasteiger partial charge in [0, 0.05) is 11.2 Å². The third-order valence-electron chi connectivity index (χ3n) is 2.94. The Kier molecular flexibility index (Phi) is 4.85. The summed E-state index contributed by atoms with van der Waals surface area (Å²) in [7, 11) is 0. The molecular weight excluding hydrogens is 264 g/mol. The molecule has 2 atom stereocenters. The van der Waals surface area contributed by atoms with Crippen molar-refractivity contribution in [3.05, 3.63) is 11.7 Å². The van der Waals surface area contributed by atoms with Gasteiger partial charge in [-0.3, -0.25) is 4.79 Å². The van der Waals surface area contributed by atoms with E-state index in [1.807, 2.05) is 20.8 Å². The van der Waals surface area contributed by atoms with Gasteiger partial charge in [0.25, 0.3) is 0 Å². The fraction of sp³-hybridized carbons (Fsp3) is 0.769. The van der Waals surface area contributed by atoms with E-state index in [4.69, 9.17) is 9.26 Å². The van der Waals surface area contributed by atoms with E-state index in [-0.39, 0.29) is 16.5 Å². The summed E-state index contributed by atoms with van der Waals surface area (Å²) in [6, 6.07) is 0. The molecular formula is C13H20N2O3S. The van der Waals surface area contributed by atoms with E-state index >= 15 is 0 Å². The highest BCUT2D eigenvalue weighted by atomic mass is 32.2. The summed E-state index contributed by atoms with van der Waals surface area (Å²) < 4.78 is 10.2. The molecule has 0 aliphatic heterocycles. The highest BCUT2D eigenvalue weighted by molar-refractivity contribution is 8.00. The molecule has 0 amide bonds. The number of thioether (sulfide) groups is 1. The molecule has 1 aliphatic rings. The molecule has 0 N–H and O–H groups in total. The maximum atomic E-state index is 11.4. The van der Waals surface area contributed by atoms with Crippen LogP contribution < -0.4 is 0 Å². The Morgan fingerprint density at radius 3 is 2.89 bits per heavy atom. The molecule has 0 unspecified atom stereocenters. The van der Waals surface area contributed by atoms with Crippen LogP contribution in [0.2, 0.25) is 0 Å². The van der Waals surface area contributed by atoms with Gasteiger partial charge in [-0.1, -0.05) is 12.1 Å². The van der Waals surface area contributed by atoms with Gasteiger partial charge >= 0.3 is 5.97 Å². The topological polar surface area (TPSA) is 65.2 Å². The smallest absolute Gasteiger partial charge is 0.306 e. The van der Waals surface area contributed by atoms with Gasteiger partial charge < -0.3 is 9.26 Å². The minimum atomic E-state index is -0.154. The second kappa shape index (κ2) is 6.41. The number of ether oxygens (including phenoxy) is 1. The zero-order chi connectivity index (χ0) is 13.8. The first kappa shape index (κ1) is 14.4. The Hall–Kier alpha value is -1.04. The molecule has 0 bridgehead atoms. The number of hydrogen-bond acceptors (Lipinski definition) is 6. The molecule has 6 heteroatoms. The van der Waals surface area contributed by atoms with Crippen LogP contribution in [-0.4, -0.2) is 28.0 Å². The normalized spacial score (nSPS) is 18.1. The Labute approximate surface area is 117 Å². The third-order valence-corrected chi connectivity index (χ3v) is 4.18. The average Bonchev–Trinajstić information content (AvgIpc) is 3.06. The largest absolute Gasteiger partial charge is 0.466 e. The third kappa shape index (κ3) is 4.23. The monoisotopic (exact) mass is 284 g/mol. The van der Waals surface area contributed by atoms with E-state index < -0.39 is 0 Å². The maximum Gasteiger partial charge on any atom is 0.306 e. The van der Waals surface area contributed by atoms with Gasteiger partial charge in [0.1, 0.15) is 0 Å².